The normalized spacial score (nSPS) is 11.4. The quantitative estimate of drug-likeness (QED) is 0.804. The third-order valence-electron chi connectivity index (χ3n) is 2.43. The van der Waals surface area contributed by atoms with Crippen LogP contribution in [0, 0.1) is 0 Å². The van der Waals surface area contributed by atoms with Crippen LogP contribution < -0.4 is 4.90 Å². The van der Waals surface area contributed by atoms with Gasteiger partial charge in [-0.1, -0.05) is 29.8 Å². The first kappa shape index (κ1) is 13.6. The molecule has 1 aromatic rings. The zero-order valence-corrected chi connectivity index (χ0v) is 10.9. The first-order valence-corrected chi connectivity index (χ1v) is 6.11. The number of carbonyl (C=O) groups is 1. The lowest BCUT2D eigenvalue weighted by atomic mass is 10.1. The predicted octanol–water partition coefficient (Wildman–Crippen LogP) is 3.52. The van der Waals surface area contributed by atoms with Gasteiger partial charge in [-0.15, -0.1) is 0 Å². The van der Waals surface area contributed by atoms with Crippen molar-refractivity contribution < 1.29 is 9.90 Å². The molecule has 0 saturated carbocycles. The van der Waals surface area contributed by atoms with Crippen LogP contribution in [0.15, 0.2) is 29.8 Å². The monoisotopic (exact) mass is 251 g/mol. The number of hydrogen-bond acceptors (Lipinski definition) is 2. The molecule has 3 nitrogen and oxygen atoms in total. The highest BCUT2D eigenvalue weighted by molar-refractivity contribution is 7.80. The Morgan fingerprint density at radius 3 is 2.65 bits per heavy atom. The van der Waals surface area contributed by atoms with Crippen LogP contribution in [-0.2, 0) is 0 Å². The fourth-order valence-corrected chi connectivity index (χ4v) is 1.67. The Kier molecular flexibility index (Phi) is 5.10. The summed E-state index contributed by atoms with van der Waals surface area (Å²) in [6, 6.07) is 7.47. The van der Waals surface area contributed by atoms with Gasteiger partial charge >= 0.3 is 6.09 Å². The van der Waals surface area contributed by atoms with Crippen LogP contribution in [-0.4, -0.2) is 23.5 Å². The van der Waals surface area contributed by atoms with Gasteiger partial charge in [-0.2, -0.15) is 12.6 Å². The number of thiol groups is 1. The lowest BCUT2D eigenvalue weighted by molar-refractivity contribution is 0.202. The van der Waals surface area contributed by atoms with E-state index in [0.29, 0.717) is 18.0 Å². The summed E-state index contributed by atoms with van der Waals surface area (Å²) >= 11 is 4.20. The van der Waals surface area contributed by atoms with E-state index in [1.54, 1.807) is 0 Å². The van der Waals surface area contributed by atoms with Gasteiger partial charge in [-0.05, 0) is 25.5 Å². The van der Waals surface area contributed by atoms with Gasteiger partial charge in [0.1, 0.15) is 0 Å². The van der Waals surface area contributed by atoms with E-state index in [0.717, 1.165) is 11.1 Å². The van der Waals surface area contributed by atoms with Gasteiger partial charge in [0.15, 0.2) is 0 Å². The summed E-state index contributed by atoms with van der Waals surface area (Å²) in [6.07, 6.45) is 1.03. The summed E-state index contributed by atoms with van der Waals surface area (Å²) in [7, 11) is 0. The number of carboxylic acid groups (broad SMARTS) is 1. The molecule has 0 atom stereocenters. The molecule has 0 aliphatic carbocycles. The van der Waals surface area contributed by atoms with Crippen molar-refractivity contribution in [2.75, 3.05) is 17.2 Å². The Labute approximate surface area is 107 Å². The third-order valence-corrected chi connectivity index (χ3v) is 2.92. The Morgan fingerprint density at radius 1 is 1.47 bits per heavy atom. The predicted molar refractivity (Wildman–Crippen MR) is 75.0 cm³/mol. The molecule has 17 heavy (non-hydrogen) atoms. The molecule has 1 aromatic carbocycles. The molecule has 0 bridgehead atoms. The zero-order valence-electron chi connectivity index (χ0n) is 10.1. The van der Waals surface area contributed by atoms with Crippen LogP contribution in [0.2, 0.25) is 0 Å². The Balaban J connectivity index is 3.19. The molecule has 0 aromatic heterocycles. The smallest absolute Gasteiger partial charge is 0.411 e. The second-order valence-electron chi connectivity index (χ2n) is 3.73. The summed E-state index contributed by atoms with van der Waals surface area (Å²) in [6.45, 7) is 4.22. The molecule has 0 aliphatic heterocycles. The van der Waals surface area contributed by atoms with Crippen molar-refractivity contribution in [2.45, 2.75) is 13.8 Å². The van der Waals surface area contributed by atoms with Gasteiger partial charge in [0, 0.05) is 12.3 Å². The van der Waals surface area contributed by atoms with Crippen molar-refractivity contribution in [3.63, 3.8) is 0 Å². The highest BCUT2D eigenvalue weighted by Crippen LogP contribution is 2.23. The maximum absolute atomic E-state index is 11.1. The minimum atomic E-state index is -0.933. The van der Waals surface area contributed by atoms with E-state index in [1.807, 2.05) is 44.2 Å². The van der Waals surface area contributed by atoms with Crippen LogP contribution in [0.1, 0.15) is 19.4 Å². The number of benzene rings is 1. The zero-order chi connectivity index (χ0) is 12.8. The van der Waals surface area contributed by atoms with Gasteiger partial charge in [0.2, 0.25) is 0 Å². The molecule has 1 amide bonds. The maximum atomic E-state index is 11.1. The van der Waals surface area contributed by atoms with Crippen molar-refractivity contribution in [3.8, 4) is 0 Å². The van der Waals surface area contributed by atoms with Crippen molar-refractivity contribution in [2.24, 2.45) is 0 Å². The molecule has 4 heteroatoms. The lowest BCUT2D eigenvalue weighted by Crippen LogP contribution is -2.29. The van der Waals surface area contributed by atoms with Crippen LogP contribution in [0.25, 0.3) is 6.08 Å². The highest BCUT2D eigenvalue weighted by atomic mass is 32.1. The Bertz CT molecular complexity index is 429. The fourth-order valence-electron chi connectivity index (χ4n) is 1.58. The molecule has 0 spiro atoms. The number of hydrogen-bond donors (Lipinski definition) is 2. The molecule has 0 saturated heterocycles. The number of anilines is 1. The molecule has 1 rings (SSSR count). The van der Waals surface area contributed by atoms with E-state index in [1.165, 1.54) is 4.90 Å². The number of nitrogens with zero attached hydrogens (tertiary/aromatic N) is 1. The van der Waals surface area contributed by atoms with Gasteiger partial charge in [-0.3, -0.25) is 4.90 Å². The second kappa shape index (κ2) is 6.35. The van der Waals surface area contributed by atoms with E-state index in [9.17, 15) is 4.79 Å². The fraction of sp³-hybridized carbons (Fsp3) is 0.308. The SMILES string of the molecule is CCN(C(=O)O)c1ccccc1C=C(C)CS. The van der Waals surface area contributed by atoms with Crippen LogP contribution in [0.3, 0.4) is 0 Å². The Morgan fingerprint density at radius 2 is 2.12 bits per heavy atom. The molecule has 0 radical (unpaired) electrons. The average Bonchev–Trinajstić information content (AvgIpc) is 2.31. The van der Waals surface area contributed by atoms with E-state index in [-0.39, 0.29) is 0 Å². The maximum Gasteiger partial charge on any atom is 0.411 e. The van der Waals surface area contributed by atoms with E-state index < -0.39 is 6.09 Å². The van der Waals surface area contributed by atoms with Crippen molar-refractivity contribution in [3.05, 3.63) is 35.4 Å². The molecule has 0 aliphatic rings. The van der Waals surface area contributed by atoms with E-state index >= 15 is 0 Å². The average molecular weight is 251 g/mol. The van der Waals surface area contributed by atoms with Crippen molar-refractivity contribution >= 4 is 30.5 Å². The van der Waals surface area contributed by atoms with Gasteiger partial charge in [0.05, 0.1) is 5.69 Å². The molecular formula is C13H17NO2S. The second-order valence-corrected chi connectivity index (χ2v) is 4.05. The number of rotatable bonds is 4. The topological polar surface area (TPSA) is 40.5 Å². The van der Waals surface area contributed by atoms with Gasteiger partial charge < -0.3 is 5.11 Å². The first-order chi connectivity index (χ1) is 8.10. The largest absolute Gasteiger partial charge is 0.465 e. The molecule has 1 N–H and O–H groups in total. The summed E-state index contributed by atoms with van der Waals surface area (Å²) in [4.78, 5) is 12.5. The molecule has 0 heterocycles. The minimum absolute atomic E-state index is 0.431. The summed E-state index contributed by atoms with van der Waals surface area (Å²) in [5.74, 6) is 0.660. The van der Waals surface area contributed by atoms with Gasteiger partial charge in [0.25, 0.3) is 0 Å². The molecule has 0 unspecified atom stereocenters. The minimum Gasteiger partial charge on any atom is -0.465 e. The molecular weight excluding hydrogens is 234 g/mol. The van der Waals surface area contributed by atoms with Crippen LogP contribution >= 0.6 is 12.6 Å². The summed E-state index contributed by atoms with van der Waals surface area (Å²) < 4.78 is 0. The lowest BCUT2D eigenvalue weighted by Gasteiger charge is -2.19. The highest BCUT2D eigenvalue weighted by Gasteiger charge is 2.14. The summed E-state index contributed by atoms with van der Waals surface area (Å²) in [5.41, 5.74) is 2.72. The standard InChI is InChI=1S/C13H17NO2S/c1-3-14(13(15)16)12-7-5-4-6-11(12)8-10(2)9-17/h4-8,17H,3,9H2,1-2H3,(H,15,16). The number of para-hydroxylation sites is 1. The Hall–Kier alpha value is -1.42. The van der Waals surface area contributed by atoms with Crippen LogP contribution in [0.5, 0.6) is 0 Å². The van der Waals surface area contributed by atoms with Gasteiger partial charge in [-0.25, -0.2) is 4.79 Å². The van der Waals surface area contributed by atoms with Crippen LogP contribution in [0.4, 0.5) is 10.5 Å². The van der Waals surface area contributed by atoms with E-state index in [2.05, 4.69) is 12.6 Å². The third kappa shape index (κ3) is 3.53. The molecule has 0 fully saturated rings. The van der Waals surface area contributed by atoms with E-state index in [4.69, 9.17) is 5.11 Å². The number of amides is 1. The van der Waals surface area contributed by atoms with Crippen molar-refractivity contribution in [1.82, 2.24) is 0 Å². The van der Waals surface area contributed by atoms with Crippen molar-refractivity contribution in [1.29, 1.82) is 0 Å². The first-order valence-electron chi connectivity index (χ1n) is 5.47. The molecule has 92 valence electrons. The summed E-state index contributed by atoms with van der Waals surface area (Å²) in [5, 5.41) is 9.13.